The Bertz CT molecular complexity index is 1040. The van der Waals surface area contributed by atoms with Crippen molar-refractivity contribution in [3.05, 3.63) is 59.4 Å². The molecule has 0 spiro atoms. The third-order valence-electron chi connectivity index (χ3n) is 5.66. The number of carbonyl (C=O) groups is 4. The van der Waals surface area contributed by atoms with Crippen LogP contribution in [0.5, 0.6) is 0 Å². The number of rotatable bonds is 5. The second kappa shape index (κ2) is 8.67. The topological polar surface area (TPSA) is 106 Å². The fraction of sp³-hybridized carbons (Fsp3) is 0.348. The zero-order chi connectivity index (χ0) is 22.0. The molecule has 0 saturated carbocycles. The van der Waals surface area contributed by atoms with Gasteiger partial charge in [0, 0.05) is 36.1 Å². The number of hydrogen-bond donors (Lipinski definition) is 1. The number of ketones is 2. The van der Waals surface area contributed by atoms with Crippen LogP contribution < -0.4 is 10.2 Å². The lowest BCUT2D eigenvalue weighted by molar-refractivity contribution is -0.119. The first kappa shape index (κ1) is 20.7. The Labute approximate surface area is 179 Å². The zero-order valence-electron chi connectivity index (χ0n) is 17.2. The highest BCUT2D eigenvalue weighted by atomic mass is 16.6. The molecule has 1 aliphatic carbocycles. The van der Waals surface area contributed by atoms with Gasteiger partial charge in [-0.1, -0.05) is 0 Å². The molecule has 2 unspecified atom stereocenters. The quantitative estimate of drug-likeness (QED) is 0.452. The first-order valence-electron chi connectivity index (χ1n) is 10.3. The molecule has 2 atom stereocenters. The van der Waals surface area contributed by atoms with Gasteiger partial charge in [0.1, 0.15) is 6.10 Å². The molecule has 0 bridgehead atoms. The van der Waals surface area contributed by atoms with E-state index in [9.17, 15) is 19.2 Å². The first-order chi connectivity index (χ1) is 14.9. The van der Waals surface area contributed by atoms with Crippen molar-refractivity contribution in [2.45, 2.75) is 32.3 Å². The van der Waals surface area contributed by atoms with Gasteiger partial charge in [-0.15, -0.1) is 0 Å². The number of benzene rings is 1. The highest BCUT2D eigenvalue weighted by Crippen LogP contribution is 2.31. The Hall–Kier alpha value is -3.55. The molecule has 4 rings (SSSR count). The van der Waals surface area contributed by atoms with Crippen LogP contribution in [0.2, 0.25) is 0 Å². The SMILES string of the molecule is CC(=O)NCC1CN(c2ccc3c(c2)CCCC(C(=O)c2ccncc2)C3=O)C(=O)O1. The number of nitrogens with one attached hydrogen (secondary N) is 1. The lowest BCUT2D eigenvalue weighted by Gasteiger charge is -2.16. The second-order valence-corrected chi connectivity index (χ2v) is 7.80. The van der Waals surface area contributed by atoms with Crippen molar-refractivity contribution in [1.29, 1.82) is 0 Å². The van der Waals surface area contributed by atoms with Crippen LogP contribution in [0.1, 0.15) is 46.0 Å². The third-order valence-corrected chi connectivity index (χ3v) is 5.66. The number of carbonyl (C=O) groups excluding carboxylic acids is 4. The third kappa shape index (κ3) is 4.33. The molecular weight excluding hydrogens is 398 g/mol. The number of cyclic esters (lactones) is 1. The van der Waals surface area contributed by atoms with Crippen LogP contribution in [0.15, 0.2) is 42.7 Å². The van der Waals surface area contributed by atoms with Gasteiger partial charge in [-0.3, -0.25) is 24.3 Å². The average Bonchev–Trinajstić information content (AvgIpc) is 3.07. The summed E-state index contributed by atoms with van der Waals surface area (Å²) in [5, 5.41) is 2.65. The van der Waals surface area contributed by atoms with Crippen molar-refractivity contribution < 1.29 is 23.9 Å². The van der Waals surface area contributed by atoms with Crippen molar-refractivity contribution in [3.63, 3.8) is 0 Å². The van der Waals surface area contributed by atoms with Crippen molar-refractivity contribution >= 4 is 29.3 Å². The predicted octanol–water partition coefficient (Wildman–Crippen LogP) is 2.56. The number of aromatic nitrogens is 1. The summed E-state index contributed by atoms with van der Waals surface area (Å²) in [6, 6.07) is 8.48. The van der Waals surface area contributed by atoms with E-state index < -0.39 is 18.1 Å². The van der Waals surface area contributed by atoms with E-state index in [0.717, 1.165) is 5.56 Å². The maximum absolute atomic E-state index is 13.2. The molecule has 160 valence electrons. The van der Waals surface area contributed by atoms with E-state index in [-0.39, 0.29) is 24.0 Å². The first-order valence-corrected chi connectivity index (χ1v) is 10.3. The summed E-state index contributed by atoms with van der Waals surface area (Å²) in [7, 11) is 0. The lowest BCUT2D eigenvalue weighted by atomic mass is 9.88. The van der Waals surface area contributed by atoms with Gasteiger partial charge in [0.05, 0.1) is 19.0 Å². The molecule has 1 fully saturated rings. The van der Waals surface area contributed by atoms with Crippen LogP contribution in [-0.2, 0) is 16.0 Å². The van der Waals surface area contributed by atoms with Gasteiger partial charge in [-0.25, -0.2) is 4.79 Å². The minimum Gasteiger partial charge on any atom is -0.442 e. The van der Waals surface area contributed by atoms with Gasteiger partial charge in [0.25, 0.3) is 0 Å². The number of fused-ring (bicyclic) bond motifs is 1. The molecule has 1 aromatic heterocycles. The molecule has 1 aliphatic heterocycles. The van der Waals surface area contributed by atoms with Crippen LogP contribution in [0.3, 0.4) is 0 Å². The molecule has 0 radical (unpaired) electrons. The van der Waals surface area contributed by atoms with Gasteiger partial charge in [-0.2, -0.15) is 0 Å². The summed E-state index contributed by atoms with van der Waals surface area (Å²) in [6.45, 7) is 1.97. The maximum atomic E-state index is 13.2. The molecule has 8 nitrogen and oxygen atoms in total. The number of amides is 2. The van der Waals surface area contributed by atoms with E-state index in [1.807, 2.05) is 6.07 Å². The summed E-state index contributed by atoms with van der Waals surface area (Å²) in [5.41, 5.74) is 2.47. The largest absolute Gasteiger partial charge is 0.442 e. The summed E-state index contributed by atoms with van der Waals surface area (Å²) in [5.74, 6) is -1.27. The van der Waals surface area contributed by atoms with Crippen LogP contribution in [-0.4, -0.2) is 47.7 Å². The Morgan fingerprint density at radius 1 is 1.19 bits per heavy atom. The van der Waals surface area contributed by atoms with E-state index >= 15 is 0 Å². The Morgan fingerprint density at radius 2 is 1.97 bits per heavy atom. The normalized spacial score (nSPS) is 20.6. The van der Waals surface area contributed by atoms with Gasteiger partial charge < -0.3 is 10.1 Å². The summed E-state index contributed by atoms with van der Waals surface area (Å²) in [6.07, 6.45) is 3.99. The Balaban J connectivity index is 1.54. The zero-order valence-corrected chi connectivity index (χ0v) is 17.2. The number of aryl methyl sites for hydroxylation is 1. The molecule has 2 aliphatic rings. The number of ether oxygens (including phenoxy) is 1. The van der Waals surface area contributed by atoms with E-state index in [4.69, 9.17) is 4.74 Å². The monoisotopic (exact) mass is 421 g/mol. The Kier molecular flexibility index (Phi) is 5.79. The molecular formula is C23H23N3O5. The van der Waals surface area contributed by atoms with Crippen molar-refractivity contribution in [2.24, 2.45) is 5.92 Å². The van der Waals surface area contributed by atoms with Crippen molar-refractivity contribution in [3.8, 4) is 0 Å². The molecule has 1 aromatic carbocycles. The van der Waals surface area contributed by atoms with Crippen LogP contribution in [0.4, 0.5) is 10.5 Å². The molecule has 2 amide bonds. The van der Waals surface area contributed by atoms with E-state index in [2.05, 4.69) is 10.3 Å². The van der Waals surface area contributed by atoms with Crippen LogP contribution in [0.25, 0.3) is 0 Å². The molecule has 1 saturated heterocycles. The van der Waals surface area contributed by atoms with Crippen LogP contribution >= 0.6 is 0 Å². The fourth-order valence-corrected chi connectivity index (χ4v) is 4.07. The second-order valence-electron chi connectivity index (χ2n) is 7.80. The average molecular weight is 421 g/mol. The van der Waals surface area contributed by atoms with Gasteiger partial charge in [-0.05, 0) is 55.2 Å². The minimum absolute atomic E-state index is 0.186. The van der Waals surface area contributed by atoms with E-state index in [0.29, 0.717) is 42.6 Å². The molecule has 1 N–H and O–H groups in total. The molecule has 2 heterocycles. The summed E-state index contributed by atoms with van der Waals surface area (Å²) < 4.78 is 5.32. The molecule has 8 heteroatoms. The lowest BCUT2D eigenvalue weighted by Crippen LogP contribution is -2.33. The number of hydrogen-bond acceptors (Lipinski definition) is 6. The summed E-state index contributed by atoms with van der Waals surface area (Å²) in [4.78, 5) is 54.9. The number of Topliss-reactive ketones (excluding diaryl/α,β-unsaturated/α-hetero) is 2. The van der Waals surface area contributed by atoms with Crippen LogP contribution in [0, 0.1) is 5.92 Å². The number of pyridine rings is 1. The van der Waals surface area contributed by atoms with Gasteiger partial charge in [0.15, 0.2) is 11.6 Å². The highest BCUT2D eigenvalue weighted by Gasteiger charge is 2.35. The smallest absolute Gasteiger partial charge is 0.414 e. The highest BCUT2D eigenvalue weighted by molar-refractivity contribution is 6.16. The van der Waals surface area contributed by atoms with Gasteiger partial charge in [0.2, 0.25) is 5.91 Å². The summed E-state index contributed by atoms with van der Waals surface area (Å²) >= 11 is 0. The number of anilines is 1. The van der Waals surface area contributed by atoms with Crippen molar-refractivity contribution in [2.75, 3.05) is 18.0 Å². The van der Waals surface area contributed by atoms with E-state index in [1.165, 1.54) is 11.8 Å². The fourth-order valence-electron chi connectivity index (χ4n) is 4.07. The molecule has 2 aromatic rings. The number of nitrogens with zero attached hydrogens (tertiary/aromatic N) is 2. The Morgan fingerprint density at radius 3 is 2.71 bits per heavy atom. The predicted molar refractivity (Wildman–Crippen MR) is 112 cm³/mol. The minimum atomic E-state index is -0.715. The standard InChI is InChI=1S/C23H23N3O5/c1-14(27)25-12-18-13-26(23(30)31-18)17-5-6-19-16(11-17)3-2-4-20(22(19)29)21(28)15-7-9-24-10-8-15/h5-11,18,20H,2-4,12-13H2,1H3,(H,25,27). The maximum Gasteiger partial charge on any atom is 0.414 e. The van der Waals surface area contributed by atoms with Gasteiger partial charge >= 0.3 is 6.09 Å². The van der Waals surface area contributed by atoms with E-state index in [1.54, 1.807) is 36.7 Å². The molecule has 31 heavy (non-hydrogen) atoms. The van der Waals surface area contributed by atoms with Crippen molar-refractivity contribution in [1.82, 2.24) is 10.3 Å².